The highest BCUT2D eigenvalue weighted by molar-refractivity contribution is 4.57. The average Bonchev–Trinajstić information content (AvgIpc) is 2.66. The standard InChI is InChI=1S/C4H6O.C2H6O2.6C2H4/c1-3-5-4-2;3-1-2-4;6*1-2/h3-4H,1-2H2;3-4H,1-2H2;6*1-2H2. The topological polar surface area (TPSA) is 49.7 Å². The SMILES string of the molecule is C=C.C=C.C=C.C=C.C=C.C=C.C=COC=C.OCCO. The highest BCUT2D eigenvalue weighted by Gasteiger charge is 1.58. The van der Waals surface area contributed by atoms with Crippen LogP contribution in [-0.2, 0) is 4.74 Å². The van der Waals surface area contributed by atoms with E-state index in [1.54, 1.807) is 0 Å². The molecule has 0 aliphatic heterocycles. The molecule has 0 bridgehead atoms. The van der Waals surface area contributed by atoms with Crippen LogP contribution in [0.15, 0.2) is 105 Å². The van der Waals surface area contributed by atoms with Crippen molar-refractivity contribution in [3.8, 4) is 0 Å². The molecule has 0 unspecified atom stereocenters. The van der Waals surface area contributed by atoms with Crippen molar-refractivity contribution in [1.82, 2.24) is 0 Å². The molecule has 0 saturated carbocycles. The number of rotatable bonds is 3. The Labute approximate surface area is 133 Å². The zero-order chi connectivity index (χ0) is 19.5. The summed E-state index contributed by atoms with van der Waals surface area (Å²) in [5.74, 6) is 0. The van der Waals surface area contributed by atoms with Crippen molar-refractivity contribution in [3.05, 3.63) is 105 Å². The van der Waals surface area contributed by atoms with Gasteiger partial charge in [0, 0.05) is 0 Å². The van der Waals surface area contributed by atoms with Crippen LogP contribution in [0.25, 0.3) is 0 Å². The molecule has 0 saturated heterocycles. The van der Waals surface area contributed by atoms with Gasteiger partial charge in [0.1, 0.15) is 0 Å². The van der Waals surface area contributed by atoms with Crippen molar-refractivity contribution in [2.24, 2.45) is 0 Å². The molecule has 126 valence electrons. The minimum Gasteiger partial charge on any atom is -0.474 e. The predicted molar refractivity (Wildman–Crippen MR) is 103 cm³/mol. The number of aliphatic hydroxyl groups excluding tert-OH is 2. The summed E-state index contributed by atoms with van der Waals surface area (Å²) in [4.78, 5) is 0. The van der Waals surface area contributed by atoms with E-state index in [4.69, 9.17) is 10.2 Å². The van der Waals surface area contributed by atoms with E-state index in [0.29, 0.717) is 0 Å². The van der Waals surface area contributed by atoms with Gasteiger partial charge in [0.2, 0.25) is 0 Å². The summed E-state index contributed by atoms with van der Waals surface area (Å²) in [6, 6.07) is 0. The highest BCUT2D eigenvalue weighted by Crippen LogP contribution is 1.65. The lowest BCUT2D eigenvalue weighted by Gasteiger charge is -1.76. The van der Waals surface area contributed by atoms with Crippen molar-refractivity contribution < 1.29 is 14.9 Å². The molecule has 0 aromatic rings. The Balaban J connectivity index is -0.0000000161. The molecule has 0 heterocycles. The third kappa shape index (κ3) is 10500. The lowest BCUT2D eigenvalue weighted by atomic mass is 10.8. The number of hydrogen-bond donors (Lipinski definition) is 2. The van der Waals surface area contributed by atoms with Crippen LogP contribution < -0.4 is 0 Å². The zero-order valence-electron chi connectivity index (χ0n) is 13.8. The maximum absolute atomic E-state index is 7.62. The minimum absolute atomic E-state index is 0.125. The summed E-state index contributed by atoms with van der Waals surface area (Å²) in [6.07, 6.45) is 2.62. The van der Waals surface area contributed by atoms with E-state index >= 15 is 0 Å². The average molecular weight is 300 g/mol. The van der Waals surface area contributed by atoms with Crippen LogP contribution in [0.1, 0.15) is 0 Å². The van der Waals surface area contributed by atoms with Crippen LogP contribution >= 0.6 is 0 Å². The van der Waals surface area contributed by atoms with Gasteiger partial charge in [-0.05, 0) is 0 Å². The smallest absolute Gasteiger partial charge is 0.0829 e. The first kappa shape index (κ1) is 51.2. The summed E-state index contributed by atoms with van der Waals surface area (Å²) in [6.45, 7) is 42.3. The molecule has 0 spiro atoms. The summed E-state index contributed by atoms with van der Waals surface area (Å²) in [5.41, 5.74) is 0. The maximum atomic E-state index is 7.62. The van der Waals surface area contributed by atoms with Gasteiger partial charge in [-0.3, -0.25) is 0 Å². The third-order valence-corrected chi connectivity index (χ3v) is 0.292. The third-order valence-electron chi connectivity index (χ3n) is 0.292. The fourth-order valence-corrected chi connectivity index (χ4v) is 0.0680. The molecule has 2 N–H and O–H groups in total. The van der Waals surface area contributed by atoms with E-state index in [1.807, 2.05) is 0 Å². The van der Waals surface area contributed by atoms with Crippen LogP contribution in [0.4, 0.5) is 0 Å². The zero-order valence-corrected chi connectivity index (χ0v) is 13.8. The van der Waals surface area contributed by atoms with Gasteiger partial charge < -0.3 is 14.9 Å². The minimum atomic E-state index is -0.125. The molecule has 0 fully saturated rings. The first-order chi connectivity index (χ1) is 10.3. The van der Waals surface area contributed by atoms with Crippen molar-refractivity contribution in [1.29, 1.82) is 0 Å². The molecule has 21 heavy (non-hydrogen) atoms. The summed E-state index contributed by atoms with van der Waals surface area (Å²) >= 11 is 0. The fraction of sp³-hybridized carbons (Fsp3) is 0.111. The van der Waals surface area contributed by atoms with E-state index in [2.05, 4.69) is 96.8 Å². The van der Waals surface area contributed by atoms with E-state index in [1.165, 1.54) is 12.5 Å². The van der Waals surface area contributed by atoms with Gasteiger partial charge in [0.15, 0.2) is 0 Å². The van der Waals surface area contributed by atoms with Crippen molar-refractivity contribution >= 4 is 0 Å². The van der Waals surface area contributed by atoms with Crippen molar-refractivity contribution in [3.63, 3.8) is 0 Å². The molecular weight excluding hydrogens is 264 g/mol. The molecule has 0 aliphatic rings. The Morgan fingerprint density at radius 1 is 0.524 bits per heavy atom. The van der Waals surface area contributed by atoms with Gasteiger partial charge >= 0.3 is 0 Å². The molecule has 0 aromatic carbocycles. The van der Waals surface area contributed by atoms with Gasteiger partial charge in [0.25, 0.3) is 0 Å². The molecule has 3 heteroatoms. The van der Waals surface area contributed by atoms with Gasteiger partial charge in [-0.15, -0.1) is 78.9 Å². The largest absolute Gasteiger partial charge is 0.474 e. The fourth-order valence-electron chi connectivity index (χ4n) is 0.0680. The Hall–Kier alpha value is -2.36. The van der Waals surface area contributed by atoms with Crippen LogP contribution in [0.2, 0.25) is 0 Å². The number of aliphatic hydroxyl groups is 2. The monoisotopic (exact) mass is 300 g/mol. The molecule has 3 nitrogen and oxygen atoms in total. The normalized spacial score (nSPS) is 3.90. The lowest BCUT2D eigenvalue weighted by molar-refractivity contribution is 0.186. The van der Waals surface area contributed by atoms with Gasteiger partial charge in [-0.1, -0.05) is 13.2 Å². The van der Waals surface area contributed by atoms with Crippen LogP contribution in [0.3, 0.4) is 0 Å². The highest BCUT2D eigenvalue weighted by atomic mass is 16.5. The predicted octanol–water partition coefficient (Wildman–Crippen LogP) is 5.07. The molecule has 0 amide bonds. The lowest BCUT2D eigenvalue weighted by Crippen LogP contribution is -1.85. The number of ether oxygens (including phenoxy) is 1. The second-order valence-electron chi connectivity index (χ2n) is 0.917. The molecular formula is C18H36O3. The maximum Gasteiger partial charge on any atom is 0.0829 e. The van der Waals surface area contributed by atoms with E-state index in [-0.39, 0.29) is 13.2 Å². The molecule has 0 rings (SSSR count). The number of hydrogen-bond acceptors (Lipinski definition) is 3. The van der Waals surface area contributed by atoms with Crippen molar-refractivity contribution in [2.75, 3.05) is 13.2 Å². The van der Waals surface area contributed by atoms with Gasteiger partial charge in [-0.25, -0.2) is 0 Å². The van der Waals surface area contributed by atoms with Gasteiger partial charge in [-0.2, -0.15) is 0 Å². The Morgan fingerprint density at radius 3 is 0.667 bits per heavy atom. The quantitative estimate of drug-likeness (QED) is 0.565. The van der Waals surface area contributed by atoms with E-state index < -0.39 is 0 Å². The molecule has 0 atom stereocenters. The van der Waals surface area contributed by atoms with Crippen molar-refractivity contribution in [2.45, 2.75) is 0 Å². The second-order valence-corrected chi connectivity index (χ2v) is 0.917. The molecule has 0 aromatic heterocycles. The molecule has 0 radical (unpaired) electrons. The van der Waals surface area contributed by atoms with Gasteiger partial charge in [0.05, 0.1) is 25.7 Å². The van der Waals surface area contributed by atoms with Crippen LogP contribution in [0, 0.1) is 0 Å². The van der Waals surface area contributed by atoms with Crippen LogP contribution in [0.5, 0.6) is 0 Å². The molecule has 0 aliphatic carbocycles. The van der Waals surface area contributed by atoms with E-state index in [0.717, 1.165) is 0 Å². The summed E-state index contributed by atoms with van der Waals surface area (Å²) in [7, 11) is 0. The summed E-state index contributed by atoms with van der Waals surface area (Å²) < 4.78 is 4.36. The van der Waals surface area contributed by atoms with Crippen LogP contribution in [-0.4, -0.2) is 23.4 Å². The Morgan fingerprint density at radius 2 is 0.667 bits per heavy atom. The van der Waals surface area contributed by atoms with E-state index in [9.17, 15) is 0 Å². The summed E-state index contributed by atoms with van der Waals surface area (Å²) in [5, 5.41) is 15.2. The second kappa shape index (κ2) is 701. The first-order valence-electron chi connectivity index (χ1n) is 5.42. The Kier molecular flexibility index (Phi) is 1710. The Bertz CT molecular complexity index is 102. The first-order valence-corrected chi connectivity index (χ1v) is 5.42.